The summed E-state index contributed by atoms with van der Waals surface area (Å²) in [6, 6.07) is 0. The summed E-state index contributed by atoms with van der Waals surface area (Å²) in [4.78, 5) is 7.98. The molecule has 1 saturated heterocycles. The second kappa shape index (κ2) is 6.51. The van der Waals surface area contributed by atoms with Crippen molar-refractivity contribution in [3.63, 3.8) is 0 Å². The van der Waals surface area contributed by atoms with Gasteiger partial charge in [-0.25, -0.2) is 14.4 Å². The Balaban J connectivity index is 1.65. The first-order valence-corrected chi connectivity index (χ1v) is 7.24. The molecule has 0 saturated carbocycles. The average Bonchev–Trinajstić information content (AvgIpc) is 2.52. The number of nitrogens with one attached hydrogen (secondary N) is 2. The highest BCUT2D eigenvalue weighted by molar-refractivity contribution is 6.30. The van der Waals surface area contributed by atoms with E-state index in [-0.39, 0.29) is 17.8 Å². The third kappa shape index (κ3) is 3.58. The Bertz CT molecular complexity index is 555. The molecule has 2 heterocycles. The molecule has 1 aliphatic carbocycles. The van der Waals surface area contributed by atoms with Gasteiger partial charge in [-0.3, -0.25) is 0 Å². The molecule has 2 aliphatic rings. The molecule has 3 rings (SSSR count). The van der Waals surface area contributed by atoms with Crippen LogP contribution in [0.4, 0.5) is 10.3 Å². The molecule has 1 aliphatic heterocycles. The number of anilines is 1. The summed E-state index contributed by atoms with van der Waals surface area (Å²) in [5.74, 6) is 0.160. The van der Waals surface area contributed by atoms with Crippen LogP contribution >= 0.6 is 11.6 Å². The third-order valence-corrected chi connectivity index (χ3v) is 3.71. The molecule has 0 aromatic carbocycles. The van der Waals surface area contributed by atoms with Crippen molar-refractivity contribution in [2.45, 2.75) is 12.5 Å². The van der Waals surface area contributed by atoms with Crippen LogP contribution in [0, 0.1) is 5.92 Å². The molecule has 2 atom stereocenters. The molecule has 0 amide bonds. The fourth-order valence-electron chi connectivity index (χ4n) is 2.42. The minimum atomic E-state index is -0.213. The van der Waals surface area contributed by atoms with Gasteiger partial charge in [-0.15, -0.1) is 0 Å². The summed E-state index contributed by atoms with van der Waals surface area (Å²) in [5, 5.41) is 6.56. The van der Waals surface area contributed by atoms with Crippen LogP contribution < -0.4 is 10.6 Å². The van der Waals surface area contributed by atoms with Gasteiger partial charge >= 0.3 is 0 Å². The van der Waals surface area contributed by atoms with Crippen molar-refractivity contribution in [2.24, 2.45) is 5.92 Å². The van der Waals surface area contributed by atoms with E-state index in [0.29, 0.717) is 29.7 Å². The van der Waals surface area contributed by atoms with E-state index < -0.39 is 0 Å². The fraction of sp³-hybridized carbons (Fsp3) is 0.429. The van der Waals surface area contributed by atoms with E-state index in [2.05, 4.69) is 20.6 Å². The van der Waals surface area contributed by atoms with E-state index in [0.717, 1.165) is 13.1 Å². The standard InChI is InChI=1S/C14H16ClFN4O/c15-10-6-18-14(19-7-10)20-12-2-1-9(5-11(12)16)13-8-17-3-4-21-13/h1-2,6-7,9,13,17H,3-5,8H2,(H,18,19,20)/t9?,13-/m1/s1. The van der Waals surface area contributed by atoms with Gasteiger partial charge in [0.15, 0.2) is 0 Å². The van der Waals surface area contributed by atoms with Crippen LogP contribution in [-0.2, 0) is 4.74 Å². The molecule has 7 heteroatoms. The van der Waals surface area contributed by atoms with Crippen LogP contribution in [0.15, 0.2) is 36.1 Å². The molecule has 0 radical (unpaired) electrons. The number of morpholine rings is 1. The molecular formula is C14H16ClFN4O. The van der Waals surface area contributed by atoms with Crippen LogP contribution in [0.2, 0.25) is 5.02 Å². The SMILES string of the molecule is FC1=C(Nc2ncc(Cl)cn2)C=CC([C@H]2CNCCO2)C1. The second-order valence-electron chi connectivity index (χ2n) is 5.01. The number of nitrogens with zero attached hydrogens (tertiary/aromatic N) is 2. The van der Waals surface area contributed by atoms with Crippen LogP contribution in [-0.4, -0.2) is 35.8 Å². The van der Waals surface area contributed by atoms with Gasteiger partial charge in [-0.2, -0.15) is 0 Å². The van der Waals surface area contributed by atoms with Crippen LogP contribution in [0.3, 0.4) is 0 Å². The Labute approximate surface area is 127 Å². The molecule has 0 bridgehead atoms. The number of hydrogen-bond acceptors (Lipinski definition) is 5. The van der Waals surface area contributed by atoms with Gasteiger partial charge < -0.3 is 15.4 Å². The van der Waals surface area contributed by atoms with Crippen LogP contribution in [0.1, 0.15) is 6.42 Å². The molecule has 0 spiro atoms. The number of rotatable bonds is 3. The van der Waals surface area contributed by atoms with Crippen molar-refractivity contribution in [2.75, 3.05) is 25.0 Å². The van der Waals surface area contributed by atoms with Crippen LogP contribution in [0.5, 0.6) is 0 Å². The minimum absolute atomic E-state index is 0.0223. The number of aromatic nitrogens is 2. The molecule has 112 valence electrons. The van der Waals surface area contributed by atoms with E-state index in [4.69, 9.17) is 16.3 Å². The Hall–Kier alpha value is -1.50. The number of halogens is 2. The van der Waals surface area contributed by atoms with Crippen molar-refractivity contribution in [3.8, 4) is 0 Å². The maximum Gasteiger partial charge on any atom is 0.227 e. The summed E-state index contributed by atoms with van der Waals surface area (Å²) >= 11 is 5.72. The van der Waals surface area contributed by atoms with E-state index in [1.807, 2.05) is 6.08 Å². The highest BCUT2D eigenvalue weighted by Crippen LogP contribution is 2.28. The van der Waals surface area contributed by atoms with Crippen molar-refractivity contribution < 1.29 is 9.13 Å². The zero-order valence-corrected chi connectivity index (χ0v) is 12.1. The van der Waals surface area contributed by atoms with Gasteiger partial charge in [-0.05, 0) is 6.08 Å². The molecule has 1 aromatic rings. The van der Waals surface area contributed by atoms with E-state index in [1.54, 1.807) is 6.08 Å². The highest BCUT2D eigenvalue weighted by Gasteiger charge is 2.27. The molecule has 5 nitrogen and oxygen atoms in total. The van der Waals surface area contributed by atoms with Gasteiger partial charge in [0.25, 0.3) is 0 Å². The van der Waals surface area contributed by atoms with Crippen molar-refractivity contribution in [3.05, 3.63) is 41.1 Å². The summed E-state index contributed by atoms with van der Waals surface area (Å²) in [6.45, 7) is 2.28. The predicted octanol–water partition coefficient (Wildman–Crippen LogP) is 2.29. The van der Waals surface area contributed by atoms with Gasteiger partial charge in [-0.1, -0.05) is 17.7 Å². The Morgan fingerprint density at radius 1 is 1.38 bits per heavy atom. The van der Waals surface area contributed by atoms with E-state index in [9.17, 15) is 4.39 Å². The van der Waals surface area contributed by atoms with Gasteiger partial charge in [0.2, 0.25) is 5.95 Å². The Morgan fingerprint density at radius 3 is 2.86 bits per heavy atom. The zero-order valence-electron chi connectivity index (χ0n) is 11.4. The fourth-order valence-corrected chi connectivity index (χ4v) is 2.52. The maximum atomic E-state index is 14.2. The zero-order chi connectivity index (χ0) is 14.7. The summed E-state index contributed by atoms with van der Waals surface area (Å²) < 4.78 is 19.9. The molecule has 1 fully saturated rings. The second-order valence-corrected chi connectivity index (χ2v) is 5.45. The van der Waals surface area contributed by atoms with Gasteiger partial charge in [0.05, 0.1) is 35.8 Å². The quantitative estimate of drug-likeness (QED) is 0.897. The lowest BCUT2D eigenvalue weighted by Gasteiger charge is -2.30. The highest BCUT2D eigenvalue weighted by atomic mass is 35.5. The molecule has 21 heavy (non-hydrogen) atoms. The first-order valence-electron chi connectivity index (χ1n) is 6.86. The summed E-state index contributed by atoms with van der Waals surface area (Å²) in [6.07, 6.45) is 6.96. The summed E-state index contributed by atoms with van der Waals surface area (Å²) in [7, 11) is 0. The predicted molar refractivity (Wildman–Crippen MR) is 78.7 cm³/mol. The number of ether oxygens (including phenoxy) is 1. The topological polar surface area (TPSA) is 59.1 Å². The van der Waals surface area contributed by atoms with Crippen LogP contribution in [0.25, 0.3) is 0 Å². The van der Waals surface area contributed by atoms with Crippen molar-refractivity contribution in [1.29, 1.82) is 0 Å². The molecule has 1 unspecified atom stereocenters. The number of allylic oxidation sites excluding steroid dienone is 2. The average molecular weight is 311 g/mol. The Kier molecular flexibility index (Phi) is 4.48. The van der Waals surface area contributed by atoms with Crippen molar-refractivity contribution >= 4 is 17.5 Å². The maximum absolute atomic E-state index is 14.2. The normalized spacial score (nSPS) is 26.0. The monoisotopic (exact) mass is 310 g/mol. The van der Waals surface area contributed by atoms with Gasteiger partial charge in [0.1, 0.15) is 5.83 Å². The van der Waals surface area contributed by atoms with E-state index in [1.165, 1.54) is 12.4 Å². The van der Waals surface area contributed by atoms with Crippen molar-refractivity contribution in [1.82, 2.24) is 15.3 Å². The third-order valence-electron chi connectivity index (χ3n) is 3.52. The molecule has 2 N–H and O–H groups in total. The molecule has 1 aromatic heterocycles. The van der Waals surface area contributed by atoms with Gasteiger partial charge in [0, 0.05) is 25.4 Å². The lowest BCUT2D eigenvalue weighted by atomic mass is 9.92. The Morgan fingerprint density at radius 2 is 2.19 bits per heavy atom. The lowest BCUT2D eigenvalue weighted by Crippen LogP contribution is -2.42. The smallest absolute Gasteiger partial charge is 0.227 e. The van der Waals surface area contributed by atoms with E-state index >= 15 is 0 Å². The molecular weight excluding hydrogens is 295 g/mol. The lowest BCUT2D eigenvalue weighted by molar-refractivity contribution is 0.00174. The number of hydrogen-bond donors (Lipinski definition) is 2. The first kappa shape index (κ1) is 14.4. The largest absolute Gasteiger partial charge is 0.375 e. The summed E-state index contributed by atoms with van der Waals surface area (Å²) in [5.41, 5.74) is 0.386. The first-order chi connectivity index (χ1) is 10.2. The minimum Gasteiger partial charge on any atom is -0.375 e.